The number of carbonyl (C=O) groups is 3. The number of aromatic nitrogens is 1. The van der Waals surface area contributed by atoms with Crippen LogP contribution in [0.15, 0.2) is 42.5 Å². The molecule has 35 heavy (non-hydrogen) atoms. The lowest BCUT2D eigenvalue weighted by Gasteiger charge is -2.12. The van der Waals surface area contributed by atoms with Gasteiger partial charge in [0.15, 0.2) is 5.01 Å². The molecule has 1 aliphatic rings. The fourth-order valence-electron chi connectivity index (χ4n) is 3.86. The van der Waals surface area contributed by atoms with Crippen molar-refractivity contribution in [1.29, 1.82) is 0 Å². The Bertz CT molecular complexity index is 1260. The molecule has 2 heterocycles. The summed E-state index contributed by atoms with van der Waals surface area (Å²) in [7, 11) is 2.04. The number of nitrogens with one attached hydrogen (secondary N) is 2. The zero-order valence-electron chi connectivity index (χ0n) is 19.1. The maximum Gasteiger partial charge on any atom is 0.335 e. The van der Waals surface area contributed by atoms with Crippen molar-refractivity contribution >= 4 is 52.1 Å². The highest BCUT2D eigenvalue weighted by atomic mass is 35.5. The predicted octanol–water partition coefficient (Wildman–Crippen LogP) is 4.70. The van der Waals surface area contributed by atoms with Crippen LogP contribution in [0.1, 0.15) is 49.1 Å². The highest BCUT2D eigenvalue weighted by molar-refractivity contribution is 7.13. The van der Waals surface area contributed by atoms with Crippen molar-refractivity contribution in [3.8, 4) is 0 Å². The second-order valence-electron chi connectivity index (χ2n) is 8.42. The first kappa shape index (κ1) is 24.8. The Balaban J connectivity index is 1.48. The summed E-state index contributed by atoms with van der Waals surface area (Å²) in [6.07, 6.45) is 2.27. The SMILES string of the molecule is CN1CCCc2nc(C(=O)Nc3cc(C(=O)O)ccc3CCC(=O)Nc3ccc(Cl)cc3)sc2C1. The zero-order chi connectivity index (χ0) is 24.9. The zero-order valence-corrected chi connectivity index (χ0v) is 20.7. The number of carbonyl (C=O) groups excluding carboxylic acids is 2. The molecule has 1 aliphatic heterocycles. The molecule has 0 aliphatic carbocycles. The van der Waals surface area contributed by atoms with Gasteiger partial charge >= 0.3 is 5.97 Å². The van der Waals surface area contributed by atoms with Crippen molar-refractivity contribution in [2.75, 3.05) is 24.2 Å². The number of aryl methyl sites for hydroxylation is 2. The van der Waals surface area contributed by atoms with E-state index in [2.05, 4.69) is 20.5 Å². The van der Waals surface area contributed by atoms with E-state index in [9.17, 15) is 19.5 Å². The number of nitrogens with zero attached hydrogens (tertiary/aromatic N) is 2. The van der Waals surface area contributed by atoms with Gasteiger partial charge in [-0.3, -0.25) is 9.59 Å². The van der Waals surface area contributed by atoms with E-state index >= 15 is 0 Å². The molecule has 0 fully saturated rings. The minimum absolute atomic E-state index is 0.0474. The van der Waals surface area contributed by atoms with Gasteiger partial charge in [0.1, 0.15) is 0 Å². The standard InChI is InChI=1S/C25H25ClN4O4S/c1-30-12-2-3-19-21(14-30)35-24(29-19)23(32)28-20-13-16(25(33)34)5-4-15(20)6-11-22(31)27-18-9-7-17(26)8-10-18/h4-5,7-10,13H,2-3,6,11-12,14H2,1H3,(H,27,31)(H,28,32)(H,33,34). The maximum atomic E-state index is 13.0. The molecule has 8 nitrogen and oxygen atoms in total. The number of hydrogen-bond donors (Lipinski definition) is 3. The molecular formula is C25H25ClN4O4S. The Kier molecular flexibility index (Phi) is 7.80. The highest BCUT2D eigenvalue weighted by Crippen LogP contribution is 2.26. The maximum absolute atomic E-state index is 13.0. The van der Waals surface area contributed by atoms with Crippen LogP contribution < -0.4 is 10.6 Å². The Labute approximate surface area is 211 Å². The van der Waals surface area contributed by atoms with E-state index in [1.807, 2.05) is 7.05 Å². The Morgan fingerprint density at radius 2 is 1.91 bits per heavy atom. The van der Waals surface area contributed by atoms with E-state index < -0.39 is 5.97 Å². The number of carboxylic acid groups (broad SMARTS) is 1. The van der Waals surface area contributed by atoms with Gasteiger partial charge in [0.2, 0.25) is 5.91 Å². The van der Waals surface area contributed by atoms with Crippen LogP contribution in [-0.4, -0.2) is 46.4 Å². The highest BCUT2D eigenvalue weighted by Gasteiger charge is 2.21. The molecule has 3 N–H and O–H groups in total. The molecule has 1 aromatic heterocycles. The number of fused-ring (bicyclic) bond motifs is 1. The average molecular weight is 513 g/mol. The molecule has 0 unspecified atom stereocenters. The topological polar surface area (TPSA) is 112 Å². The van der Waals surface area contributed by atoms with Crippen LogP contribution in [-0.2, 0) is 24.2 Å². The molecule has 0 saturated heterocycles. The molecule has 0 saturated carbocycles. The third kappa shape index (κ3) is 6.45. The van der Waals surface area contributed by atoms with Gasteiger partial charge in [-0.15, -0.1) is 11.3 Å². The average Bonchev–Trinajstić information content (AvgIpc) is 3.13. The third-order valence-electron chi connectivity index (χ3n) is 5.69. The van der Waals surface area contributed by atoms with Crippen molar-refractivity contribution in [2.24, 2.45) is 0 Å². The van der Waals surface area contributed by atoms with E-state index in [1.54, 1.807) is 30.3 Å². The number of thiazole rings is 1. The number of halogens is 1. The van der Waals surface area contributed by atoms with Crippen LogP contribution in [0, 0.1) is 0 Å². The van der Waals surface area contributed by atoms with Crippen molar-refractivity contribution in [3.05, 3.63) is 74.2 Å². The van der Waals surface area contributed by atoms with Gasteiger partial charge in [-0.1, -0.05) is 17.7 Å². The Morgan fingerprint density at radius 3 is 2.66 bits per heavy atom. The lowest BCUT2D eigenvalue weighted by molar-refractivity contribution is -0.116. The number of amides is 2. The number of rotatable bonds is 7. The van der Waals surface area contributed by atoms with Gasteiger partial charge in [0.25, 0.3) is 5.91 Å². The van der Waals surface area contributed by atoms with Gasteiger partial charge < -0.3 is 20.6 Å². The molecule has 2 amide bonds. The molecular weight excluding hydrogens is 488 g/mol. The molecule has 182 valence electrons. The number of carboxylic acids is 1. The summed E-state index contributed by atoms with van der Waals surface area (Å²) in [5.74, 6) is -1.70. The van der Waals surface area contributed by atoms with Crippen molar-refractivity contribution < 1.29 is 19.5 Å². The van der Waals surface area contributed by atoms with E-state index in [4.69, 9.17) is 11.6 Å². The van der Waals surface area contributed by atoms with Crippen LogP contribution in [0.3, 0.4) is 0 Å². The molecule has 0 atom stereocenters. The first-order valence-electron chi connectivity index (χ1n) is 11.2. The largest absolute Gasteiger partial charge is 0.478 e. The summed E-state index contributed by atoms with van der Waals surface area (Å²) in [4.78, 5) is 44.8. The fourth-order valence-corrected chi connectivity index (χ4v) is 5.07. The summed E-state index contributed by atoms with van der Waals surface area (Å²) < 4.78 is 0. The molecule has 0 bridgehead atoms. The molecule has 3 aromatic rings. The second-order valence-corrected chi connectivity index (χ2v) is 9.94. The Hall–Kier alpha value is -3.27. The van der Waals surface area contributed by atoms with Gasteiger partial charge in [0, 0.05) is 34.2 Å². The van der Waals surface area contributed by atoms with Crippen molar-refractivity contribution in [2.45, 2.75) is 32.2 Å². The van der Waals surface area contributed by atoms with Gasteiger partial charge in [-0.2, -0.15) is 0 Å². The fraction of sp³-hybridized carbons (Fsp3) is 0.280. The van der Waals surface area contributed by atoms with E-state index in [-0.39, 0.29) is 23.8 Å². The van der Waals surface area contributed by atoms with Crippen LogP contribution in [0.2, 0.25) is 5.02 Å². The smallest absolute Gasteiger partial charge is 0.335 e. The summed E-state index contributed by atoms with van der Waals surface area (Å²) in [6.45, 7) is 1.74. The number of aromatic carboxylic acids is 1. The summed E-state index contributed by atoms with van der Waals surface area (Å²) in [5.41, 5.74) is 2.64. The molecule has 10 heteroatoms. The number of anilines is 2. The van der Waals surface area contributed by atoms with E-state index in [0.29, 0.717) is 33.4 Å². The monoisotopic (exact) mass is 512 g/mol. The summed E-state index contributed by atoms with van der Waals surface area (Å²) in [5, 5.41) is 16.0. The molecule has 0 spiro atoms. The first-order valence-corrected chi connectivity index (χ1v) is 12.4. The second kappa shape index (κ2) is 11.0. The summed E-state index contributed by atoms with van der Waals surface area (Å²) in [6, 6.07) is 11.3. The van der Waals surface area contributed by atoms with Gasteiger partial charge in [0.05, 0.1) is 11.3 Å². The predicted molar refractivity (Wildman–Crippen MR) is 137 cm³/mol. The van der Waals surface area contributed by atoms with Gasteiger partial charge in [-0.05, 0) is 74.8 Å². The Morgan fingerprint density at radius 1 is 1.14 bits per heavy atom. The number of hydrogen-bond acceptors (Lipinski definition) is 6. The molecule has 0 radical (unpaired) electrons. The van der Waals surface area contributed by atoms with E-state index in [0.717, 1.165) is 36.5 Å². The van der Waals surface area contributed by atoms with Crippen LogP contribution in [0.25, 0.3) is 0 Å². The van der Waals surface area contributed by atoms with Crippen LogP contribution in [0.4, 0.5) is 11.4 Å². The lowest BCUT2D eigenvalue weighted by Crippen LogP contribution is -2.17. The minimum Gasteiger partial charge on any atom is -0.478 e. The summed E-state index contributed by atoms with van der Waals surface area (Å²) >= 11 is 7.24. The number of benzene rings is 2. The van der Waals surface area contributed by atoms with E-state index in [1.165, 1.54) is 23.5 Å². The first-order chi connectivity index (χ1) is 16.8. The molecule has 2 aromatic carbocycles. The lowest BCUT2D eigenvalue weighted by atomic mass is 10.0. The quantitative estimate of drug-likeness (QED) is 0.423. The normalized spacial score (nSPS) is 13.5. The molecule has 4 rings (SSSR count). The third-order valence-corrected chi connectivity index (χ3v) is 7.03. The van der Waals surface area contributed by atoms with Crippen molar-refractivity contribution in [3.63, 3.8) is 0 Å². The minimum atomic E-state index is -1.10. The van der Waals surface area contributed by atoms with Crippen molar-refractivity contribution in [1.82, 2.24) is 9.88 Å². The van der Waals surface area contributed by atoms with Gasteiger partial charge in [-0.25, -0.2) is 9.78 Å². The van der Waals surface area contributed by atoms with Crippen LogP contribution >= 0.6 is 22.9 Å². The van der Waals surface area contributed by atoms with Crippen LogP contribution in [0.5, 0.6) is 0 Å².